The normalized spacial score (nSPS) is 17.3. The van der Waals surface area contributed by atoms with Crippen LogP contribution in [0.25, 0.3) is 5.76 Å². The molecule has 1 aliphatic rings. The van der Waals surface area contributed by atoms with E-state index in [0.29, 0.717) is 23.5 Å². The Morgan fingerprint density at radius 1 is 1.00 bits per heavy atom. The molecule has 0 aromatic heterocycles. The molecule has 1 atom stereocenters. The molecule has 0 radical (unpaired) electrons. The quantitative estimate of drug-likeness (QED) is 0.293. The SMILES string of the molecule is CCCOc1ccc(/C(O)=C2/C(=O)C(=O)N(c3cc(C)ccc3O)C2c2ccccc2)cc1C. The van der Waals surface area contributed by atoms with E-state index < -0.39 is 17.7 Å². The van der Waals surface area contributed by atoms with Crippen LogP contribution in [0.5, 0.6) is 11.5 Å². The number of phenols is 1. The minimum absolute atomic E-state index is 0.0290. The van der Waals surface area contributed by atoms with Gasteiger partial charge in [-0.25, -0.2) is 0 Å². The van der Waals surface area contributed by atoms with Crippen LogP contribution in [0.4, 0.5) is 5.69 Å². The Bertz CT molecular complexity index is 1280. The second-order valence-corrected chi connectivity index (χ2v) is 8.40. The predicted molar refractivity (Wildman–Crippen MR) is 131 cm³/mol. The molecule has 0 bridgehead atoms. The van der Waals surface area contributed by atoms with Gasteiger partial charge in [0.25, 0.3) is 11.7 Å². The van der Waals surface area contributed by atoms with Crippen LogP contribution in [-0.4, -0.2) is 28.5 Å². The second-order valence-electron chi connectivity index (χ2n) is 8.40. The largest absolute Gasteiger partial charge is 0.507 e. The minimum Gasteiger partial charge on any atom is -0.507 e. The van der Waals surface area contributed by atoms with Gasteiger partial charge < -0.3 is 14.9 Å². The highest BCUT2D eigenvalue weighted by atomic mass is 16.5. The highest BCUT2D eigenvalue weighted by Gasteiger charge is 2.47. The van der Waals surface area contributed by atoms with Crippen molar-refractivity contribution in [1.29, 1.82) is 0 Å². The number of hydrogen-bond acceptors (Lipinski definition) is 5. The fourth-order valence-electron chi connectivity index (χ4n) is 4.18. The number of rotatable bonds is 6. The Kier molecular flexibility index (Phi) is 6.41. The molecule has 1 heterocycles. The van der Waals surface area contributed by atoms with Crippen molar-refractivity contribution in [1.82, 2.24) is 0 Å². The number of ether oxygens (including phenoxy) is 1. The van der Waals surface area contributed by atoms with E-state index in [1.54, 1.807) is 54.6 Å². The van der Waals surface area contributed by atoms with Crippen molar-refractivity contribution in [3.8, 4) is 11.5 Å². The highest BCUT2D eigenvalue weighted by Crippen LogP contribution is 2.45. The van der Waals surface area contributed by atoms with E-state index in [0.717, 1.165) is 17.5 Å². The van der Waals surface area contributed by atoms with Gasteiger partial charge in [-0.05, 0) is 67.3 Å². The number of Topliss-reactive ketones (excluding diaryl/α,β-unsaturated/α-hetero) is 1. The summed E-state index contributed by atoms with van der Waals surface area (Å²) in [5.74, 6) is -1.32. The number of aliphatic hydroxyl groups excluding tert-OH is 1. The second kappa shape index (κ2) is 9.43. The molecule has 2 N–H and O–H groups in total. The van der Waals surface area contributed by atoms with Crippen LogP contribution in [0.3, 0.4) is 0 Å². The zero-order valence-corrected chi connectivity index (χ0v) is 19.4. The lowest BCUT2D eigenvalue weighted by atomic mass is 9.94. The van der Waals surface area contributed by atoms with Crippen LogP contribution >= 0.6 is 0 Å². The first-order valence-corrected chi connectivity index (χ1v) is 11.2. The third kappa shape index (κ3) is 4.15. The van der Waals surface area contributed by atoms with Gasteiger partial charge >= 0.3 is 0 Å². The zero-order valence-electron chi connectivity index (χ0n) is 19.4. The summed E-state index contributed by atoms with van der Waals surface area (Å²) in [5, 5.41) is 21.8. The first-order chi connectivity index (χ1) is 16.3. The Hall–Kier alpha value is -4.06. The number of anilines is 1. The summed E-state index contributed by atoms with van der Waals surface area (Å²) in [5.41, 5.74) is 2.87. The Balaban J connectivity index is 1.89. The van der Waals surface area contributed by atoms with E-state index in [2.05, 4.69) is 0 Å². The fourth-order valence-corrected chi connectivity index (χ4v) is 4.18. The molecule has 4 rings (SSSR count). The molecule has 34 heavy (non-hydrogen) atoms. The summed E-state index contributed by atoms with van der Waals surface area (Å²) in [4.78, 5) is 27.8. The summed E-state index contributed by atoms with van der Waals surface area (Å²) in [6.07, 6.45) is 0.869. The average Bonchev–Trinajstić information content (AvgIpc) is 3.10. The number of benzene rings is 3. The van der Waals surface area contributed by atoms with E-state index >= 15 is 0 Å². The maximum absolute atomic E-state index is 13.3. The van der Waals surface area contributed by atoms with Crippen molar-refractivity contribution in [3.63, 3.8) is 0 Å². The molecule has 6 heteroatoms. The van der Waals surface area contributed by atoms with Crippen LogP contribution in [0, 0.1) is 13.8 Å². The predicted octanol–water partition coefficient (Wildman–Crippen LogP) is 5.42. The molecule has 1 unspecified atom stereocenters. The van der Waals surface area contributed by atoms with Crippen molar-refractivity contribution in [2.45, 2.75) is 33.2 Å². The monoisotopic (exact) mass is 457 g/mol. The van der Waals surface area contributed by atoms with E-state index in [9.17, 15) is 19.8 Å². The van der Waals surface area contributed by atoms with Gasteiger partial charge in [0.2, 0.25) is 0 Å². The van der Waals surface area contributed by atoms with Crippen LogP contribution in [-0.2, 0) is 9.59 Å². The molecule has 3 aromatic rings. The molecule has 1 aliphatic heterocycles. The molecular formula is C28H27NO5. The number of amides is 1. The standard InChI is InChI=1S/C28H27NO5/c1-4-14-34-23-13-11-20(16-18(23)3)26(31)24-25(19-8-6-5-7-9-19)29(28(33)27(24)32)21-15-17(2)10-12-22(21)30/h5-13,15-16,25,30-31H,4,14H2,1-3H3/b26-24-. The van der Waals surface area contributed by atoms with Gasteiger partial charge in [-0.15, -0.1) is 0 Å². The van der Waals surface area contributed by atoms with Crippen LogP contribution < -0.4 is 9.64 Å². The molecule has 174 valence electrons. The van der Waals surface area contributed by atoms with Crippen molar-refractivity contribution < 1.29 is 24.5 Å². The van der Waals surface area contributed by atoms with Gasteiger partial charge in [-0.1, -0.05) is 43.3 Å². The smallest absolute Gasteiger partial charge is 0.300 e. The Morgan fingerprint density at radius 2 is 1.74 bits per heavy atom. The molecule has 1 amide bonds. The minimum atomic E-state index is -0.898. The summed E-state index contributed by atoms with van der Waals surface area (Å²) >= 11 is 0. The van der Waals surface area contributed by atoms with E-state index in [1.165, 1.54) is 11.0 Å². The summed E-state index contributed by atoms with van der Waals surface area (Å²) < 4.78 is 5.72. The van der Waals surface area contributed by atoms with Crippen LogP contribution in [0.15, 0.2) is 72.3 Å². The Labute approximate surface area is 198 Å². The summed E-state index contributed by atoms with van der Waals surface area (Å²) in [6.45, 7) is 6.29. The Morgan fingerprint density at radius 3 is 2.41 bits per heavy atom. The number of nitrogens with zero attached hydrogens (tertiary/aromatic N) is 1. The number of ketones is 1. The highest BCUT2D eigenvalue weighted by molar-refractivity contribution is 6.51. The molecule has 3 aromatic carbocycles. The van der Waals surface area contributed by atoms with Crippen molar-refractivity contribution in [2.24, 2.45) is 0 Å². The molecule has 0 spiro atoms. The lowest BCUT2D eigenvalue weighted by Crippen LogP contribution is -2.29. The zero-order chi connectivity index (χ0) is 24.4. The number of aryl methyl sites for hydroxylation is 2. The molecular weight excluding hydrogens is 430 g/mol. The summed E-state index contributed by atoms with van der Waals surface area (Å²) in [7, 11) is 0. The maximum atomic E-state index is 13.3. The molecule has 0 saturated carbocycles. The number of hydrogen-bond donors (Lipinski definition) is 2. The topological polar surface area (TPSA) is 87.1 Å². The van der Waals surface area contributed by atoms with E-state index in [4.69, 9.17) is 4.74 Å². The first kappa shape index (κ1) is 23.1. The number of aliphatic hydroxyl groups is 1. The van der Waals surface area contributed by atoms with Gasteiger partial charge in [0.05, 0.1) is 23.9 Å². The number of carbonyl (C=O) groups excluding carboxylic acids is 2. The van der Waals surface area contributed by atoms with Gasteiger partial charge in [0, 0.05) is 5.56 Å². The fraction of sp³-hybridized carbons (Fsp3) is 0.214. The molecule has 0 aliphatic carbocycles. The third-order valence-corrected chi connectivity index (χ3v) is 5.86. The third-order valence-electron chi connectivity index (χ3n) is 5.86. The number of carbonyl (C=O) groups is 2. The van der Waals surface area contributed by atoms with Crippen molar-refractivity contribution in [2.75, 3.05) is 11.5 Å². The van der Waals surface area contributed by atoms with Crippen molar-refractivity contribution >= 4 is 23.1 Å². The number of phenolic OH excluding ortho intramolecular Hbond substituents is 1. The lowest BCUT2D eigenvalue weighted by Gasteiger charge is -2.26. The molecule has 1 saturated heterocycles. The van der Waals surface area contributed by atoms with Gasteiger partial charge in [-0.2, -0.15) is 0 Å². The maximum Gasteiger partial charge on any atom is 0.300 e. The average molecular weight is 458 g/mol. The van der Waals surface area contributed by atoms with Crippen molar-refractivity contribution in [3.05, 3.63) is 94.6 Å². The van der Waals surface area contributed by atoms with Crippen LogP contribution in [0.2, 0.25) is 0 Å². The van der Waals surface area contributed by atoms with Gasteiger partial charge in [0.15, 0.2) is 0 Å². The van der Waals surface area contributed by atoms with Gasteiger partial charge in [-0.3, -0.25) is 14.5 Å². The van der Waals surface area contributed by atoms with E-state index in [-0.39, 0.29) is 22.8 Å². The number of aromatic hydroxyl groups is 1. The lowest BCUT2D eigenvalue weighted by molar-refractivity contribution is -0.132. The molecule has 6 nitrogen and oxygen atoms in total. The van der Waals surface area contributed by atoms with Gasteiger partial charge in [0.1, 0.15) is 17.3 Å². The molecule has 1 fully saturated rings. The van der Waals surface area contributed by atoms with Crippen LogP contribution in [0.1, 0.15) is 41.6 Å². The first-order valence-electron chi connectivity index (χ1n) is 11.2. The summed E-state index contributed by atoms with van der Waals surface area (Å²) in [6, 6.07) is 18.1. The van der Waals surface area contributed by atoms with E-state index in [1.807, 2.05) is 26.8 Å².